The summed E-state index contributed by atoms with van der Waals surface area (Å²) in [6, 6.07) is 15.0. The maximum absolute atomic E-state index is 12.9. The Morgan fingerprint density at radius 2 is 1.73 bits per heavy atom. The molecule has 3 aromatic rings. The van der Waals surface area contributed by atoms with E-state index in [1.807, 2.05) is 39.8 Å². The molecule has 0 bridgehead atoms. The third kappa shape index (κ3) is 3.64. The van der Waals surface area contributed by atoms with Crippen LogP contribution in [-0.2, 0) is 17.9 Å². The largest absolute Gasteiger partial charge is 0.454 e. The van der Waals surface area contributed by atoms with E-state index in [0.29, 0.717) is 18.5 Å². The van der Waals surface area contributed by atoms with E-state index < -0.39 is 0 Å². The second-order valence-corrected chi connectivity index (χ2v) is 7.67. The minimum Gasteiger partial charge on any atom is -0.454 e. The van der Waals surface area contributed by atoms with Crippen LogP contribution in [0.3, 0.4) is 0 Å². The van der Waals surface area contributed by atoms with Crippen molar-refractivity contribution in [1.82, 2.24) is 14.4 Å². The average Bonchev–Trinajstić information content (AvgIpc) is 3.24. The Bertz CT molecular complexity index is 1150. The monoisotopic (exact) mass is 405 g/mol. The van der Waals surface area contributed by atoms with Crippen molar-refractivity contribution in [2.24, 2.45) is 0 Å². The van der Waals surface area contributed by atoms with Crippen molar-refractivity contribution in [3.63, 3.8) is 0 Å². The first-order valence-electron chi connectivity index (χ1n) is 10.1. The van der Waals surface area contributed by atoms with Gasteiger partial charge in [-0.3, -0.25) is 14.5 Å². The summed E-state index contributed by atoms with van der Waals surface area (Å²) in [5.74, 6) is 1.67. The van der Waals surface area contributed by atoms with Gasteiger partial charge < -0.3 is 18.9 Å². The lowest BCUT2D eigenvalue weighted by Gasteiger charge is -2.35. The van der Waals surface area contributed by atoms with Crippen molar-refractivity contribution >= 4 is 16.8 Å². The van der Waals surface area contributed by atoms with Crippen molar-refractivity contribution < 1.29 is 14.3 Å². The second-order valence-electron chi connectivity index (χ2n) is 7.67. The predicted molar refractivity (Wildman–Crippen MR) is 113 cm³/mol. The van der Waals surface area contributed by atoms with Gasteiger partial charge in [-0.2, -0.15) is 0 Å². The molecule has 0 saturated carbocycles. The van der Waals surface area contributed by atoms with Gasteiger partial charge in [0.15, 0.2) is 16.9 Å². The Labute approximate surface area is 174 Å². The number of piperazine rings is 1. The van der Waals surface area contributed by atoms with Crippen molar-refractivity contribution in [2.75, 3.05) is 33.0 Å². The van der Waals surface area contributed by atoms with Crippen molar-refractivity contribution in [3.8, 4) is 11.5 Å². The molecule has 7 heteroatoms. The van der Waals surface area contributed by atoms with Crippen LogP contribution in [0, 0.1) is 0 Å². The Morgan fingerprint density at radius 1 is 0.933 bits per heavy atom. The zero-order chi connectivity index (χ0) is 20.5. The van der Waals surface area contributed by atoms with Crippen LogP contribution in [0.1, 0.15) is 5.56 Å². The maximum atomic E-state index is 12.9. The van der Waals surface area contributed by atoms with Gasteiger partial charge in [0.1, 0.15) is 6.54 Å². The number of hydrogen-bond acceptors (Lipinski definition) is 5. The number of para-hydroxylation sites is 1. The number of fused-ring (bicyclic) bond motifs is 2. The molecule has 2 aromatic carbocycles. The highest BCUT2D eigenvalue weighted by Crippen LogP contribution is 2.32. The highest BCUT2D eigenvalue weighted by Gasteiger charge is 2.22. The third-order valence-electron chi connectivity index (χ3n) is 5.76. The van der Waals surface area contributed by atoms with E-state index in [4.69, 9.17) is 9.47 Å². The van der Waals surface area contributed by atoms with Crippen LogP contribution in [0.2, 0.25) is 0 Å². The number of amides is 1. The van der Waals surface area contributed by atoms with Crippen LogP contribution in [-0.4, -0.2) is 53.2 Å². The normalized spacial score (nSPS) is 16.2. The topological polar surface area (TPSA) is 64.0 Å². The molecule has 1 aromatic heterocycles. The summed E-state index contributed by atoms with van der Waals surface area (Å²) in [5, 5.41) is 0.640. The number of hydrogen-bond donors (Lipinski definition) is 0. The first-order chi connectivity index (χ1) is 14.7. The van der Waals surface area contributed by atoms with E-state index >= 15 is 0 Å². The number of pyridine rings is 1. The predicted octanol–water partition coefficient (Wildman–Crippen LogP) is 2.07. The third-order valence-corrected chi connectivity index (χ3v) is 5.76. The number of aromatic nitrogens is 1. The molecule has 1 saturated heterocycles. The molecule has 2 aliphatic rings. The molecule has 3 heterocycles. The molecule has 30 heavy (non-hydrogen) atoms. The molecule has 7 nitrogen and oxygen atoms in total. The molecule has 0 unspecified atom stereocenters. The quantitative estimate of drug-likeness (QED) is 0.665. The fourth-order valence-corrected chi connectivity index (χ4v) is 4.10. The molecule has 1 fully saturated rings. The molecule has 154 valence electrons. The van der Waals surface area contributed by atoms with E-state index in [9.17, 15) is 9.59 Å². The molecular weight excluding hydrogens is 382 g/mol. The van der Waals surface area contributed by atoms with E-state index in [-0.39, 0.29) is 24.7 Å². The van der Waals surface area contributed by atoms with Crippen molar-refractivity contribution in [3.05, 3.63) is 70.5 Å². The van der Waals surface area contributed by atoms with Crippen LogP contribution < -0.4 is 14.9 Å². The smallest absolute Gasteiger partial charge is 0.242 e. The number of carbonyl (C=O) groups excluding carboxylic acids is 1. The Hall–Kier alpha value is -3.32. The number of rotatable bonds is 4. The van der Waals surface area contributed by atoms with Gasteiger partial charge in [0.05, 0.1) is 5.52 Å². The number of benzene rings is 2. The standard InChI is InChI=1S/C23H23N3O4/c27-20-7-8-26(19-4-2-1-3-18(19)20)15-23(28)25-11-9-24(10-12-25)14-17-5-6-21-22(13-17)30-16-29-21/h1-8,13H,9-12,14-16H2. The first kappa shape index (κ1) is 18.7. The summed E-state index contributed by atoms with van der Waals surface area (Å²) in [4.78, 5) is 29.2. The van der Waals surface area contributed by atoms with Crippen LogP contribution in [0.4, 0.5) is 0 Å². The molecule has 0 atom stereocenters. The van der Waals surface area contributed by atoms with E-state index in [0.717, 1.165) is 36.6 Å². The van der Waals surface area contributed by atoms with Gasteiger partial charge in [0, 0.05) is 50.4 Å². The lowest BCUT2D eigenvalue weighted by molar-refractivity contribution is -0.133. The first-order valence-corrected chi connectivity index (χ1v) is 10.1. The highest BCUT2D eigenvalue weighted by atomic mass is 16.7. The van der Waals surface area contributed by atoms with Gasteiger partial charge in [0.25, 0.3) is 0 Å². The summed E-state index contributed by atoms with van der Waals surface area (Å²) >= 11 is 0. The molecule has 0 spiro atoms. The van der Waals surface area contributed by atoms with Gasteiger partial charge in [-0.05, 0) is 29.8 Å². The summed E-state index contributed by atoms with van der Waals surface area (Å²) < 4.78 is 12.7. The lowest BCUT2D eigenvalue weighted by Crippen LogP contribution is -2.49. The van der Waals surface area contributed by atoms with Gasteiger partial charge in [-0.25, -0.2) is 0 Å². The zero-order valence-corrected chi connectivity index (χ0v) is 16.6. The van der Waals surface area contributed by atoms with E-state index in [2.05, 4.69) is 11.0 Å². The van der Waals surface area contributed by atoms with Crippen molar-refractivity contribution in [1.29, 1.82) is 0 Å². The molecule has 2 aliphatic heterocycles. The molecular formula is C23H23N3O4. The molecule has 1 amide bonds. The Kier molecular flexibility index (Phi) is 4.88. The second kappa shape index (κ2) is 7.84. The molecule has 0 radical (unpaired) electrons. The average molecular weight is 405 g/mol. The fraction of sp³-hybridized carbons (Fsp3) is 0.304. The fourth-order valence-electron chi connectivity index (χ4n) is 4.10. The van der Waals surface area contributed by atoms with Gasteiger partial charge in [-0.15, -0.1) is 0 Å². The highest BCUT2D eigenvalue weighted by molar-refractivity contribution is 5.82. The van der Waals surface area contributed by atoms with Gasteiger partial charge >= 0.3 is 0 Å². The van der Waals surface area contributed by atoms with Gasteiger partial charge in [-0.1, -0.05) is 18.2 Å². The number of ether oxygens (including phenoxy) is 2. The lowest BCUT2D eigenvalue weighted by atomic mass is 10.1. The van der Waals surface area contributed by atoms with Crippen LogP contribution >= 0.6 is 0 Å². The summed E-state index contributed by atoms with van der Waals surface area (Å²) in [6.07, 6.45) is 1.71. The minimum atomic E-state index is -0.0218. The van der Waals surface area contributed by atoms with E-state index in [1.54, 1.807) is 12.3 Å². The van der Waals surface area contributed by atoms with Crippen molar-refractivity contribution in [2.45, 2.75) is 13.1 Å². The SMILES string of the molecule is O=C(Cn1ccc(=O)c2ccccc21)N1CCN(Cc2ccc3c(c2)OCO3)CC1. The summed E-state index contributed by atoms with van der Waals surface area (Å²) in [7, 11) is 0. The Balaban J connectivity index is 1.20. The zero-order valence-electron chi connectivity index (χ0n) is 16.6. The molecule has 0 aliphatic carbocycles. The maximum Gasteiger partial charge on any atom is 0.242 e. The minimum absolute atomic E-state index is 0.0218. The summed E-state index contributed by atoms with van der Waals surface area (Å²) in [6.45, 7) is 4.38. The Morgan fingerprint density at radius 3 is 2.60 bits per heavy atom. The van der Waals surface area contributed by atoms with Gasteiger partial charge in [0.2, 0.25) is 12.7 Å². The molecule has 0 N–H and O–H groups in total. The van der Waals surface area contributed by atoms with Crippen LogP contribution in [0.25, 0.3) is 10.9 Å². The summed E-state index contributed by atoms with van der Waals surface area (Å²) in [5.41, 5.74) is 1.95. The van der Waals surface area contributed by atoms with E-state index in [1.165, 1.54) is 11.6 Å². The van der Waals surface area contributed by atoms with Crippen LogP contribution in [0.5, 0.6) is 11.5 Å². The molecule has 5 rings (SSSR count). The number of carbonyl (C=O) groups is 1. The van der Waals surface area contributed by atoms with Crippen LogP contribution in [0.15, 0.2) is 59.5 Å². The number of nitrogens with zero attached hydrogens (tertiary/aromatic N) is 3.